The van der Waals surface area contributed by atoms with Gasteiger partial charge in [0.05, 0.1) is 24.5 Å². The van der Waals surface area contributed by atoms with Gasteiger partial charge in [-0.15, -0.1) is 11.8 Å². The predicted octanol–water partition coefficient (Wildman–Crippen LogP) is 3.77. The smallest absolute Gasteiger partial charge is 0.328 e. The van der Waals surface area contributed by atoms with E-state index in [0.717, 1.165) is 9.76 Å². The van der Waals surface area contributed by atoms with Gasteiger partial charge in [-0.1, -0.05) is 24.4 Å². The molecule has 3 rings (SSSR count). The standard InChI is InChI=1S/C15H14N2O3S2/c1-8-9-5-4-6-10(13(9)14(21)22-8)20-15-16-11(18-2)7-12(17-15)19-3/h4-8H,1-3H3. The zero-order valence-corrected chi connectivity index (χ0v) is 14.0. The van der Waals surface area contributed by atoms with Crippen LogP contribution in [0.15, 0.2) is 24.3 Å². The van der Waals surface area contributed by atoms with Gasteiger partial charge in [-0.05, 0) is 18.6 Å². The maximum atomic E-state index is 5.84. The molecule has 5 nitrogen and oxygen atoms in total. The average Bonchev–Trinajstić information content (AvgIpc) is 2.82. The lowest BCUT2D eigenvalue weighted by molar-refractivity contribution is 0.348. The summed E-state index contributed by atoms with van der Waals surface area (Å²) >= 11 is 7.10. The highest BCUT2D eigenvalue weighted by atomic mass is 32.2. The van der Waals surface area contributed by atoms with Gasteiger partial charge in [0.2, 0.25) is 11.8 Å². The van der Waals surface area contributed by atoms with Crippen molar-refractivity contribution in [1.82, 2.24) is 9.97 Å². The van der Waals surface area contributed by atoms with Crippen LogP contribution in [0.2, 0.25) is 0 Å². The summed E-state index contributed by atoms with van der Waals surface area (Å²) in [6.45, 7) is 2.12. The number of aromatic nitrogens is 2. The topological polar surface area (TPSA) is 53.5 Å². The Kier molecular flexibility index (Phi) is 4.17. The van der Waals surface area contributed by atoms with Crippen molar-refractivity contribution in [3.63, 3.8) is 0 Å². The fourth-order valence-electron chi connectivity index (χ4n) is 2.21. The van der Waals surface area contributed by atoms with Crippen LogP contribution in [-0.4, -0.2) is 28.4 Å². The molecule has 0 saturated carbocycles. The molecule has 0 amide bonds. The maximum absolute atomic E-state index is 5.84. The van der Waals surface area contributed by atoms with Gasteiger partial charge in [0.1, 0.15) is 5.75 Å². The summed E-state index contributed by atoms with van der Waals surface area (Å²) < 4.78 is 16.9. The number of nitrogens with zero attached hydrogens (tertiary/aromatic N) is 2. The molecule has 1 aromatic carbocycles. The Hall–Kier alpha value is -1.86. The van der Waals surface area contributed by atoms with E-state index < -0.39 is 0 Å². The average molecular weight is 334 g/mol. The zero-order chi connectivity index (χ0) is 15.7. The van der Waals surface area contributed by atoms with Crippen LogP contribution < -0.4 is 14.2 Å². The molecule has 0 bridgehead atoms. The van der Waals surface area contributed by atoms with Crippen molar-refractivity contribution in [1.29, 1.82) is 0 Å². The first-order valence-electron chi connectivity index (χ1n) is 6.61. The second kappa shape index (κ2) is 6.10. The largest absolute Gasteiger partial charge is 0.481 e. The molecule has 1 aliphatic heterocycles. The third-order valence-electron chi connectivity index (χ3n) is 3.26. The van der Waals surface area contributed by atoms with Crippen molar-refractivity contribution in [3.05, 3.63) is 35.4 Å². The minimum Gasteiger partial charge on any atom is -0.481 e. The molecule has 2 aromatic rings. The summed E-state index contributed by atoms with van der Waals surface area (Å²) in [4.78, 5) is 8.36. The highest BCUT2D eigenvalue weighted by Gasteiger charge is 2.27. The Morgan fingerprint density at radius 3 is 2.45 bits per heavy atom. The first-order valence-corrected chi connectivity index (χ1v) is 7.90. The summed E-state index contributed by atoms with van der Waals surface area (Å²) in [7, 11) is 3.05. The van der Waals surface area contributed by atoms with Crippen molar-refractivity contribution in [3.8, 4) is 23.5 Å². The molecule has 0 aliphatic carbocycles. The van der Waals surface area contributed by atoms with E-state index in [2.05, 4.69) is 23.0 Å². The molecule has 7 heteroatoms. The fraction of sp³-hybridized carbons (Fsp3) is 0.267. The van der Waals surface area contributed by atoms with Crippen LogP contribution in [-0.2, 0) is 0 Å². The fourth-order valence-corrected chi connectivity index (χ4v) is 3.84. The molecule has 0 saturated heterocycles. The third kappa shape index (κ3) is 2.74. The second-order valence-corrected chi connectivity index (χ2v) is 6.62. The van der Waals surface area contributed by atoms with Gasteiger partial charge in [-0.2, -0.15) is 9.97 Å². The molecule has 0 N–H and O–H groups in total. The van der Waals surface area contributed by atoms with Crippen molar-refractivity contribution >= 4 is 28.2 Å². The van der Waals surface area contributed by atoms with E-state index in [4.69, 9.17) is 26.4 Å². The van der Waals surface area contributed by atoms with Gasteiger partial charge < -0.3 is 14.2 Å². The normalized spacial score (nSPS) is 16.3. The van der Waals surface area contributed by atoms with Crippen molar-refractivity contribution < 1.29 is 14.2 Å². The first-order chi connectivity index (χ1) is 10.6. The van der Waals surface area contributed by atoms with Crippen LogP contribution in [0.25, 0.3) is 0 Å². The van der Waals surface area contributed by atoms with Crippen LogP contribution in [0.1, 0.15) is 23.3 Å². The van der Waals surface area contributed by atoms with Gasteiger partial charge in [0, 0.05) is 10.8 Å². The molecule has 114 valence electrons. The van der Waals surface area contributed by atoms with Crippen LogP contribution in [0.5, 0.6) is 23.5 Å². The van der Waals surface area contributed by atoms with E-state index in [1.54, 1.807) is 17.8 Å². The molecule has 0 radical (unpaired) electrons. The molecule has 0 fully saturated rings. The van der Waals surface area contributed by atoms with E-state index in [1.165, 1.54) is 19.8 Å². The van der Waals surface area contributed by atoms with E-state index in [9.17, 15) is 0 Å². The summed E-state index contributed by atoms with van der Waals surface area (Å²) in [6, 6.07) is 7.61. The van der Waals surface area contributed by atoms with Gasteiger partial charge >= 0.3 is 6.01 Å². The predicted molar refractivity (Wildman–Crippen MR) is 89.4 cm³/mol. The molecular formula is C15H14N2O3S2. The number of fused-ring (bicyclic) bond motifs is 1. The SMILES string of the molecule is COc1cc(OC)nc(Oc2cccc3c2C(=S)SC3C)n1. The lowest BCUT2D eigenvalue weighted by Crippen LogP contribution is -2.00. The van der Waals surface area contributed by atoms with E-state index in [0.29, 0.717) is 22.8 Å². The summed E-state index contributed by atoms with van der Waals surface area (Å²) in [5, 5.41) is 0.326. The van der Waals surface area contributed by atoms with Gasteiger partial charge in [0.15, 0.2) is 0 Å². The monoisotopic (exact) mass is 334 g/mol. The summed E-state index contributed by atoms with van der Waals surface area (Å²) in [6.07, 6.45) is 0. The van der Waals surface area contributed by atoms with Gasteiger partial charge in [0.25, 0.3) is 0 Å². The second-order valence-electron chi connectivity index (χ2n) is 4.61. The highest BCUT2D eigenvalue weighted by molar-refractivity contribution is 8.24. The number of thioether (sulfide) groups is 1. The van der Waals surface area contributed by atoms with Gasteiger partial charge in [-0.25, -0.2) is 0 Å². The van der Waals surface area contributed by atoms with Crippen LogP contribution in [0.4, 0.5) is 0 Å². The number of thiocarbonyl (C=S) groups is 1. The highest BCUT2D eigenvalue weighted by Crippen LogP contribution is 2.46. The van der Waals surface area contributed by atoms with Crippen molar-refractivity contribution in [2.75, 3.05) is 14.2 Å². The molecule has 1 unspecified atom stereocenters. The molecule has 1 atom stereocenters. The van der Waals surface area contributed by atoms with E-state index in [1.807, 2.05) is 12.1 Å². The van der Waals surface area contributed by atoms with E-state index in [-0.39, 0.29) is 6.01 Å². The first kappa shape index (κ1) is 15.1. The Balaban J connectivity index is 2.00. The molecule has 0 spiro atoms. The lowest BCUT2D eigenvalue weighted by Gasteiger charge is -2.10. The number of rotatable bonds is 4. The number of methoxy groups -OCH3 is 2. The molecular weight excluding hydrogens is 320 g/mol. The minimum absolute atomic E-state index is 0.164. The van der Waals surface area contributed by atoms with Crippen LogP contribution in [0, 0.1) is 0 Å². The maximum Gasteiger partial charge on any atom is 0.328 e. The Labute approximate surface area is 138 Å². The summed E-state index contributed by atoms with van der Waals surface area (Å²) in [5.74, 6) is 1.40. The minimum atomic E-state index is 0.164. The number of benzene rings is 1. The quantitative estimate of drug-likeness (QED) is 0.789. The number of hydrogen-bond donors (Lipinski definition) is 0. The van der Waals surface area contributed by atoms with E-state index >= 15 is 0 Å². The number of hydrogen-bond acceptors (Lipinski definition) is 7. The zero-order valence-electron chi connectivity index (χ0n) is 12.3. The van der Waals surface area contributed by atoms with Gasteiger partial charge in [-0.3, -0.25) is 0 Å². The Bertz CT molecular complexity index is 714. The van der Waals surface area contributed by atoms with Crippen molar-refractivity contribution in [2.24, 2.45) is 0 Å². The Morgan fingerprint density at radius 1 is 1.14 bits per heavy atom. The molecule has 2 heterocycles. The Morgan fingerprint density at radius 2 is 1.82 bits per heavy atom. The molecule has 1 aliphatic rings. The molecule has 22 heavy (non-hydrogen) atoms. The lowest BCUT2D eigenvalue weighted by atomic mass is 10.1. The van der Waals surface area contributed by atoms with Crippen LogP contribution >= 0.6 is 24.0 Å². The van der Waals surface area contributed by atoms with Crippen molar-refractivity contribution in [2.45, 2.75) is 12.2 Å². The summed E-state index contributed by atoms with van der Waals surface area (Å²) in [5.41, 5.74) is 2.11. The third-order valence-corrected chi connectivity index (χ3v) is 4.78. The number of ether oxygens (including phenoxy) is 3. The van der Waals surface area contributed by atoms with Crippen LogP contribution in [0.3, 0.4) is 0 Å². The molecule has 1 aromatic heterocycles.